The number of amides is 2. The van der Waals surface area contributed by atoms with E-state index in [1.54, 1.807) is 18.2 Å². The van der Waals surface area contributed by atoms with Crippen molar-refractivity contribution in [1.82, 2.24) is 4.90 Å². The fourth-order valence-electron chi connectivity index (χ4n) is 1.80. The van der Waals surface area contributed by atoms with Crippen LogP contribution in [0.25, 0.3) is 0 Å². The molecule has 0 atom stereocenters. The summed E-state index contributed by atoms with van der Waals surface area (Å²) in [6.45, 7) is 0.230. The lowest BCUT2D eigenvalue weighted by atomic mass is 10.1. The van der Waals surface area contributed by atoms with E-state index in [9.17, 15) is 9.59 Å². The molecule has 2 rings (SSSR count). The number of halogens is 2. The van der Waals surface area contributed by atoms with Gasteiger partial charge in [-0.3, -0.25) is 14.5 Å². The summed E-state index contributed by atoms with van der Waals surface area (Å²) in [5.41, 5.74) is 0.736. The van der Waals surface area contributed by atoms with Crippen molar-refractivity contribution in [3.8, 4) is 0 Å². The van der Waals surface area contributed by atoms with Crippen LogP contribution in [0.15, 0.2) is 18.2 Å². The third-order valence-corrected chi connectivity index (χ3v) is 3.31. The summed E-state index contributed by atoms with van der Waals surface area (Å²) in [7, 11) is 0. The highest BCUT2D eigenvalue weighted by atomic mass is 35.5. The van der Waals surface area contributed by atoms with Gasteiger partial charge >= 0.3 is 0 Å². The Morgan fingerprint density at radius 3 is 2.35 bits per heavy atom. The van der Waals surface area contributed by atoms with Crippen molar-refractivity contribution in [1.29, 1.82) is 0 Å². The number of benzene rings is 1. The lowest BCUT2D eigenvalue weighted by Crippen LogP contribution is -2.39. The van der Waals surface area contributed by atoms with Crippen molar-refractivity contribution in [2.24, 2.45) is 0 Å². The van der Waals surface area contributed by atoms with E-state index in [2.05, 4.69) is 0 Å². The second kappa shape index (κ2) is 5.07. The average molecular weight is 272 g/mol. The van der Waals surface area contributed by atoms with Gasteiger partial charge in [-0.05, 0) is 24.1 Å². The molecular weight excluding hydrogens is 261 g/mol. The van der Waals surface area contributed by atoms with Crippen LogP contribution in [0.2, 0.25) is 10.0 Å². The normalized spacial score (nSPS) is 16.5. The number of hydrogen-bond acceptors (Lipinski definition) is 2. The number of rotatable bonds is 2. The summed E-state index contributed by atoms with van der Waals surface area (Å²) in [6, 6.07) is 5.04. The van der Waals surface area contributed by atoms with Gasteiger partial charge in [-0.2, -0.15) is 0 Å². The van der Waals surface area contributed by atoms with E-state index in [4.69, 9.17) is 23.2 Å². The monoisotopic (exact) mass is 271 g/mol. The van der Waals surface area contributed by atoms with Crippen molar-refractivity contribution >= 4 is 35.0 Å². The van der Waals surface area contributed by atoms with Crippen LogP contribution >= 0.6 is 23.2 Å². The van der Waals surface area contributed by atoms with Crippen LogP contribution in [-0.2, 0) is 16.1 Å². The lowest BCUT2D eigenvalue weighted by molar-refractivity contribution is -0.148. The van der Waals surface area contributed by atoms with Crippen LogP contribution in [0, 0.1) is 0 Å². The fraction of sp³-hybridized carbons (Fsp3) is 0.333. The Morgan fingerprint density at radius 2 is 1.76 bits per heavy atom. The lowest BCUT2D eigenvalue weighted by Gasteiger charge is -2.25. The second-order valence-corrected chi connectivity index (χ2v) is 4.81. The minimum absolute atomic E-state index is 0.132. The first kappa shape index (κ1) is 12.4. The van der Waals surface area contributed by atoms with Gasteiger partial charge in [0.05, 0.1) is 6.54 Å². The van der Waals surface area contributed by atoms with Gasteiger partial charge in [0, 0.05) is 22.9 Å². The van der Waals surface area contributed by atoms with E-state index >= 15 is 0 Å². The zero-order valence-corrected chi connectivity index (χ0v) is 10.6. The molecule has 1 aliphatic heterocycles. The number of hydrogen-bond donors (Lipinski definition) is 0. The topological polar surface area (TPSA) is 37.4 Å². The van der Waals surface area contributed by atoms with Crippen molar-refractivity contribution in [3.63, 3.8) is 0 Å². The summed E-state index contributed by atoms with van der Waals surface area (Å²) < 4.78 is 0. The molecule has 1 aliphatic rings. The first-order valence-electron chi connectivity index (χ1n) is 5.35. The Bertz CT molecular complexity index is 458. The van der Waals surface area contributed by atoms with Gasteiger partial charge in [0.1, 0.15) is 0 Å². The molecule has 1 saturated heterocycles. The molecule has 1 aromatic carbocycles. The summed E-state index contributed by atoms with van der Waals surface area (Å²) in [4.78, 5) is 24.5. The molecule has 0 radical (unpaired) electrons. The Morgan fingerprint density at radius 1 is 1.12 bits per heavy atom. The van der Waals surface area contributed by atoms with Gasteiger partial charge < -0.3 is 0 Å². The van der Waals surface area contributed by atoms with Gasteiger partial charge in [-0.25, -0.2) is 0 Å². The largest absolute Gasteiger partial charge is 0.278 e. The maximum Gasteiger partial charge on any atom is 0.229 e. The van der Waals surface area contributed by atoms with Gasteiger partial charge in [0.2, 0.25) is 11.8 Å². The number of carbonyl (C=O) groups excluding carboxylic acids is 2. The van der Waals surface area contributed by atoms with Crippen LogP contribution in [0.1, 0.15) is 24.8 Å². The van der Waals surface area contributed by atoms with E-state index in [-0.39, 0.29) is 18.4 Å². The molecule has 0 spiro atoms. The smallest absolute Gasteiger partial charge is 0.229 e. The first-order valence-corrected chi connectivity index (χ1v) is 6.10. The molecule has 1 fully saturated rings. The first-order chi connectivity index (χ1) is 8.08. The van der Waals surface area contributed by atoms with E-state index in [1.165, 1.54) is 4.90 Å². The minimum Gasteiger partial charge on any atom is -0.278 e. The number of likely N-dealkylation sites (tertiary alicyclic amines) is 1. The van der Waals surface area contributed by atoms with Crippen LogP contribution in [0.3, 0.4) is 0 Å². The van der Waals surface area contributed by atoms with Gasteiger partial charge in [0.15, 0.2) is 0 Å². The van der Waals surface area contributed by atoms with Crippen LogP contribution in [-0.4, -0.2) is 16.7 Å². The molecule has 1 heterocycles. The molecule has 17 heavy (non-hydrogen) atoms. The maximum absolute atomic E-state index is 11.6. The van der Waals surface area contributed by atoms with Crippen LogP contribution < -0.4 is 0 Å². The molecule has 1 aromatic rings. The molecule has 90 valence electrons. The molecule has 0 N–H and O–H groups in total. The Kier molecular flexibility index (Phi) is 3.69. The quantitative estimate of drug-likeness (QED) is 0.776. The summed E-state index contributed by atoms with van der Waals surface area (Å²) >= 11 is 11.8. The third kappa shape index (κ3) is 2.79. The maximum atomic E-state index is 11.6. The molecule has 5 heteroatoms. The number of imide groups is 1. The van der Waals surface area contributed by atoms with Crippen molar-refractivity contribution in [2.45, 2.75) is 25.8 Å². The summed E-state index contributed by atoms with van der Waals surface area (Å²) in [5, 5.41) is 1.01. The Labute approximate surface area is 109 Å². The number of nitrogens with zero attached hydrogens (tertiary/aromatic N) is 1. The van der Waals surface area contributed by atoms with Crippen molar-refractivity contribution in [2.75, 3.05) is 0 Å². The highest BCUT2D eigenvalue weighted by Crippen LogP contribution is 2.24. The highest BCUT2D eigenvalue weighted by molar-refractivity contribution is 6.35. The standard InChI is InChI=1S/C12H11Cl2NO2/c13-9-5-4-8(10(14)6-9)7-15-11(16)2-1-3-12(15)17/h4-6H,1-3,7H2. The Hall–Kier alpha value is -1.06. The van der Waals surface area contributed by atoms with Crippen LogP contribution in [0.5, 0.6) is 0 Å². The van der Waals surface area contributed by atoms with Gasteiger partial charge in [-0.1, -0.05) is 29.3 Å². The van der Waals surface area contributed by atoms with E-state index in [0.29, 0.717) is 29.3 Å². The molecular formula is C12H11Cl2NO2. The molecule has 0 saturated carbocycles. The predicted molar refractivity (Wildman–Crippen MR) is 65.9 cm³/mol. The molecule has 2 amide bonds. The summed E-state index contributed by atoms with van der Waals surface area (Å²) in [6.07, 6.45) is 1.50. The SMILES string of the molecule is O=C1CCCC(=O)N1Cc1ccc(Cl)cc1Cl. The number of piperidine rings is 1. The molecule has 0 bridgehead atoms. The molecule has 0 aliphatic carbocycles. The second-order valence-electron chi connectivity index (χ2n) is 3.96. The van der Waals surface area contributed by atoms with Gasteiger partial charge in [-0.15, -0.1) is 0 Å². The van der Waals surface area contributed by atoms with Gasteiger partial charge in [0.25, 0.3) is 0 Å². The fourth-order valence-corrected chi connectivity index (χ4v) is 2.26. The molecule has 0 aromatic heterocycles. The zero-order chi connectivity index (χ0) is 12.4. The average Bonchev–Trinajstić information content (AvgIpc) is 2.26. The predicted octanol–water partition coefficient (Wildman–Crippen LogP) is 3.03. The zero-order valence-electron chi connectivity index (χ0n) is 9.08. The van der Waals surface area contributed by atoms with Crippen LogP contribution in [0.4, 0.5) is 0 Å². The van der Waals surface area contributed by atoms with E-state index in [1.807, 2.05) is 0 Å². The summed E-state index contributed by atoms with van der Waals surface area (Å²) in [5.74, 6) is -0.264. The molecule has 0 unspecified atom stereocenters. The third-order valence-electron chi connectivity index (χ3n) is 2.73. The highest BCUT2D eigenvalue weighted by Gasteiger charge is 2.26. The Balaban J connectivity index is 2.19. The van der Waals surface area contributed by atoms with E-state index < -0.39 is 0 Å². The minimum atomic E-state index is -0.132. The molecule has 3 nitrogen and oxygen atoms in total. The van der Waals surface area contributed by atoms with Crippen molar-refractivity contribution in [3.05, 3.63) is 33.8 Å². The van der Waals surface area contributed by atoms with E-state index in [0.717, 1.165) is 5.56 Å². The van der Waals surface area contributed by atoms with Crippen molar-refractivity contribution < 1.29 is 9.59 Å². The number of carbonyl (C=O) groups is 2.